The summed E-state index contributed by atoms with van der Waals surface area (Å²) in [5.41, 5.74) is 1.94. The highest BCUT2D eigenvalue weighted by atomic mass is 32.2. The van der Waals surface area contributed by atoms with E-state index in [2.05, 4.69) is 20.2 Å². The predicted octanol–water partition coefficient (Wildman–Crippen LogP) is 0.776. The van der Waals surface area contributed by atoms with Gasteiger partial charge >= 0.3 is 0 Å². The highest BCUT2D eigenvalue weighted by Crippen LogP contribution is 2.22. The molecule has 2 aromatic rings. The average molecular weight is 369 g/mol. The Morgan fingerprint density at radius 1 is 1.08 bits per heavy atom. The predicted molar refractivity (Wildman–Crippen MR) is 92.5 cm³/mol. The van der Waals surface area contributed by atoms with Gasteiger partial charge in [-0.05, 0) is 19.9 Å². The van der Waals surface area contributed by atoms with Gasteiger partial charge in [0.25, 0.3) is 5.22 Å². The fourth-order valence-corrected chi connectivity index (χ4v) is 4.04. The second-order valence-corrected chi connectivity index (χ2v) is 7.63. The van der Waals surface area contributed by atoms with Crippen molar-refractivity contribution in [2.75, 3.05) is 38.6 Å². The quantitative estimate of drug-likeness (QED) is 0.567. The van der Waals surface area contributed by atoms with E-state index in [0.29, 0.717) is 16.9 Å². The van der Waals surface area contributed by atoms with Crippen LogP contribution in [-0.2, 0) is 10.5 Å². The van der Waals surface area contributed by atoms with Crippen LogP contribution in [0.25, 0.3) is 0 Å². The lowest BCUT2D eigenvalue weighted by atomic mass is 10.4. The Labute approximate surface area is 150 Å². The maximum atomic E-state index is 5.69. The fourth-order valence-electron chi connectivity index (χ4n) is 2.43. The van der Waals surface area contributed by atoms with Crippen molar-refractivity contribution in [3.8, 4) is 0 Å². The van der Waals surface area contributed by atoms with Crippen LogP contribution in [0.4, 0.5) is 0 Å². The van der Waals surface area contributed by atoms with E-state index in [9.17, 15) is 0 Å². The SMILES string of the molecule is Cc1cc(C)nc(SCc2nnc(SCC[NH+]3CCOCC3)o2)n1. The lowest BCUT2D eigenvalue weighted by Gasteiger charge is -2.23. The highest BCUT2D eigenvalue weighted by molar-refractivity contribution is 7.99. The minimum atomic E-state index is 0.588. The van der Waals surface area contributed by atoms with E-state index in [1.165, 1.54) is 11.8 Å². The third-order valence-corrected chi connectivity index (χ3v) is 5.27. The van der Waals surface area contributed by atoms with Gasteiger partial charge in [-0.25, -0.2) is 9.97 Å². The number of nitrogens with one attached hydrogen (secondary N) is 1. The molecule has 0 radical (unpaired) electrons. The normalized spacial score (nSPS) is 15.8. The van der Waals surface area contributed by atoms with E-state index >= 15 is 0 Å². The van der Waals surface area contributed by atoms with Gasteiger partial charge in [0.1, 0.15) is 13.1 Å². The molecule has 1 aliphatic heterocycles. The zero-order valence-electron chi connectivity index (χ0n) is 13.9. The zero-order chi connectivity index (χ0) is 16.8. The van der Waals surface area contributed by atoms with Crippen LogP contribution in [0.15, 0.2) is 20.9 Å². The summed E-state index contributed by atoms with van der Waals surface area (Å²) in [5, 5.41) is 9.59. The first-order valence-electron chi connectivity index (χ1n) is 8.00. The molecule has 3 rings (SSSR count). The lowest BCUT2D eigenvalue weighted by molar-refractivity contribution is -0.905. The third-order valence-electron chi connectivity index (χ3n) is 3.62. The number of hydrogen-bond acceptors (Lipinski definition) is 8. The number of aromatic nitrogens is 4. The van der Waals surface area contributed by atoms with E-state index in [4.69, 9.17) is 9.15 Å². The summed E-state index contributed by atoms with van der Waals surface area (Å²) < 4.78 is 11.1. The summed E-state index contributed by atoms with van der Waals surface area (Å²) in [6, 6.07) is 1.96. The largest absolute Gasteiger partial charge is 0.415 e. The molecule has 9 heteroatoms. The Hall–Kier alpha value is -1.16. The first-order chi connectivity index (χ1) is 11.7. The number of hydrogen-bond donors (Lipinski definition) is 1. The summed E-state index contributed by atoms with van der Waals surface area (Å²) in [6.45, 7) is 8.93. The molecule has 0 aromatic carbocycles. The first-order valence-corrected chi connectivity index (χ1v) is 9.98. The topological polar surface area (TPSA) is 78.4 Å². The molecule has 0 amide bonds. The van der Waals surface area contributed by atoms with Crippen LogP contribution < -0.4 is 4.90 Å². The Kier molecular flexibility index (Phi) is 6.47. The molecule has 130 valence electrons. The summed E-state index contributed by atoms with van der Waals surface area (Å²) in [7, 11) is 0. The number of quaternary nitrogens is 1. The number of ether oxygens (including phenoxy) is 1. The summed E-state index contributed by atoms with van der Waals surface area (Å²) >= 11 is 3.14. The average Bonchev–Trinajstić information content (AvgIpc) is 3.01. The molecule has 7 nitrogen and oxygen atoms in total. The highest BCUT2D eigenvalue weighted by Gasteiger charge is 2.14. The Balaban J connectivity index is 1.43. The first kappa shape index (κ1) is 17.7. The number of aryl methyl sites for hydroxylation is 2. The van der Waals surface area contributed by atoms with Crippen molar-refractivity contribution in [2.45, 2.75) is 30.0 Å². The number of rotatable bonds is 7. The van der Waals surface area contributed by atoms with Crippen molar-refractivity contribution in [3.63, 3.8) is 0 Å². The van der Waals surface area contributed by atoms with E-state index in [1.807, 2.05) is 19.9 Å². The van der Waals surface area contributed by atoms with Crippen LogP contribution in [-0.4, -0.2) is 58.8 Å². The van der Waals surface area contributed by atoms with Gasteiger partial charge in [-0.2, -0.15) is 0 Å². The molecule has 0 spiro atoms. The van der Waals surface area contributed by atoms with Crippen LogP contribution in [0.3, 0.4) is 0 Å². The van der Waals surface area contributed by atoms with Crippen LogP contribution in [0.2, 0.25) is 0 Å². The minimum Gasteiger partial charge on any atom is -0.415 e. The molecule has 0 saturated carbocycles. The molecule has 0 bridgehead atoms. The number of morpholine rings is 1. The van der Waals surface area contributed by atoms with Crippen molar-refractivity contribution in [1.29, 1.82) is 0 Å². The second kappa shape index (κ2) is 8.80. The van der Waals surface area contributed by atoms with Crippen molar-refractivity contribution >= 4 is 23.5 Å². The molecule has 3 heterocycles. The van der Waals surface area contributed by atoms with Crippen LogP contribution in [0, 0.1) is 13.8 Å². The Morgan fingerprint density at radius 2 is 1.83 bits per heavy atom. The molecule has 24 heavy (non-hydrogen) atoms. The maximum absolute atomic E-state index is 5.69. The molecule has 0 aliphatic carbocycles. The molecular formula is C15H22N5O2S2+. The van der Waals surface area contributed by atoms with Gasteiger partial charge in [-0.3, -0.25) is 0 Å². The van der Waals surface area contributed by atoms with Gasteiger partial charge < -0.3 is 14.1 Å². The summed E-state index contributed by atoms with van der Waals surface area (Å²) in [4.78, 5) is 10.4. The van der Waals surface area contributed by atoms with Crippen LogP contribution in [0.5, 0.6) is 0 Å². The molecule has 1 N–H and O–H groups in total. The Morgan fingerprint density at radius 3 is 2.58 bits per heavy atom. The molecular weight excluding hydrogens is 346 g/mol. The van der Waals surface area contributed by atoms with Gasteiger partial charge in [0.05, 0.1) is 31.3 Å². The summed E-state index contributed by atoms with van der Waals surface area (Å²) in [6.07, 6.45) is 0. The standard InChI is InChI=1S/C15H21N5O2S2/c1-11-9-12(2)17-14(16-11)24-10-13-18-19-15(22-13)23-8-5-20-3-6-21-7-4-20/h9H,3-8,10H2,1-2H3/p+1. The smallest absolute Gasteiger partial charge is 0.276 e. The van der Waals surface area contributed by atoms with Crippen molar-refractivity contribution in [1.82, 2.24) is 20.2 Å². The third kappa shape index (κ3) is 5.44. The van der Waals surface area contributed by atoms with E-state index in [0.717, 1.165) is 55.1 Å². The van der Waals surface area contributed by atoms with Crippen molar-refractivity contribution in [3.05, 3.63) is 23.3 Å². The number of thioether (sulfide) groups is 2. The van der Waals surface area contributed by atoms with Crippen LogP contribution in [0.1, 0.15) is 17.3 Å². The van der Waals surface area contributed by atoms with E-state index in [-0.39, 0.29) is 0 Å². The second-order valence-electron chi connectivity index (χ2n) is 5.64. The van der Waals surface area contributed by atoms with Crippen molar-refractivity contribution in [2.24, 2.45) is 0 Å². The van der Waals surface area contributed by atoms with Gasteiger partial charge in [0.15, 0.2) is 5.16 Å². The lowest BCUT2D eigenvalue weighted by Crippen LogP contribution is -3.14. The molecule has 2 aromatic heterocycles. The molecule has 1 aliphatic rings. The van der Waals surface area contributed by atoms with Gasteiger partial charge in [-0.15, -0.1) is 10.2 Å². The monoisotopic (exact) mass is 368 g/mol. The van der Waals surface area contributed by atoms with Gasteiger partial charge in [0.2, 0.25) is 5.89 Å². The maximum Gasteiger partial charge on any atom is 0.276 e. The van der Waals surface area contributed by atoms with E-state index in [1.54, 1.807) is 16.7 Å². The number of nitrogens with zero attached hydrogens (tertiary/aromatic N) is 4. The fraction of sp³-hybridized carbons (Fsp3) is 0.600. The molecule has 0 unspecified atom stereocenters. The molecule has 1 fully saturated rings. The van der Waals surface area contributed by atoms with Gasteiger partial charge in [-0.1, -0.05) is 23.5 Å². The van der Waals surface area contributed by atoms with Gasteiger partial charge in [0, 0.05) is 11.4 Å². The summed E-state index contributed by atoms with van der Waals surface area (Å²) in [5.74, 6) is 2.18. The van der Waals surface area contributed by atoms with Crippen molar-refractivity contribution < 1.29 is 14.1 Å². The minimum absolute atomic E-state index is 0.588. The zero-order valence-corrected chi connectivity index (χ0v) is 15.6. The Bertz CT molecular complexity index is 641. The van der Waals surface area contributed by atoms with Crippen LogP contribution >= 0.6 is 23.5 Å². The van der Waals surface area contributed by atoms with E-state index < -0.39 is 0 Å². The molecule has 1 saturated heterocycles. The molecule has 0 atom stereocenters.